The first-order valence-corrected chi connectivity index (χ1v) is 11.8. The second-order valence-electron chi connectivity index (χ2n) is 7.42. The van der Waals surface area contributed by atoms with E-state index in [1.165, 1.54) is 25.0 Å². The Kier molecular flexibility index (Phi) is 7.81. The topological polar surface area (TPSA) is 82.6 Å². The number of nitrogens with zero attached hydrogens (tertiary/aromatic N) is 1. The van der Waals surface area contributed by atoms with Crippen molar-refractivity contribution in [1.29, 1.82) is 0 Å². The molecule has 0 amide bonds. The van der Waals surface area contributed by atoms with E-state index in [-0.39, 0.29) is 11.4 Å². The average molecular weight is 433 g/mol. The maximum Gasteiger partial charge on any atom is 0.240 e. The van der Waals surface area contributed by atoms with Gasteiger partial charge in [0.05, 0.1) is 11.4 Å². The highest BCUT2D eigenvalue weighted by atomic mass is 32.2. The number of benzene rings is 2. The number of hydrogen-bond donors (Lipinski definition) is 3. The van der Waals surface area contributed by atoms with E-state index < -0.39 is 15.8 Å². The lowest BCUT2D eigenvalue weighted by Gasteiger charge is -2.16. The molecular formula is C22H29FN4O2S. The number of aliphatic imine (C=N–C) groups is 1. The summed E-state index contributed by atoms with van der Waals surface area (Å²) in [6, 6.07) is 13.0. The third kappa shape index (κ3) is 6.53. The van der Waals surface area contributed by atoms with Crippen molar-refractivity contribution in [1.82, 2.24) is 15.4 Å². The molecule has 0 unspecified atom stereocenters. The van der Waals surface area contributed by atoms with Crippen LogP contribution >= 0.6 is 0 Å². The van der Waals surface area contributed by atoms with Gasteiger partial charge in [-0.15, -0.1) is 0 Å². The minimum atomic E-state index is -3.71. The summed E-state index contributed by atoms with van der Waals surface area (Å²) in [5.74, 6) is 0.358. The molecule has 162 valence electrons. The Morgan fingerprint density at radius 2 is 1.83 bits per heavy atom. The monoisotopic (exact) mass is 432 g/mol. The van der Waals surface area contributed by atoms with Crippen LogP contribution in [0.25, 0.3) is 0 Å². The van der Waals surface area contributed by atoms with Crippen LogP contribution in [0.3, 0.4) is 0 Å². The molecule has 1 aliphatic carbocycles. The SMILES string of the molecule is CCNC(=NCc1cccc(S(=O)(=O)NCc2cccc(F)c2)c1)NC1CCCC1. The zero-order valence-electron chi connectivity index (χ0n) is 17.2. The largest absolute Gasteiger partial charge is 0.357 e. The Balaban J connectivity index is 1.66. The average Bonchev–Trinajstić information content (AvgIpc) is 3.24. The highest BCUT2D eigenvalue weighted by Crippen LogP contribution is 2.18. The molecule has 0 heterocycles. The zero-order chi connectivity index (χ0) is 21.4. The molecule has 6 nitrogen and oxygen atoms in total. The molecule has 0 aromatic heterocycles. The van der Waals surface area contributed by atoms with E-state index in [9.17, 15) is 12.8 Å². The third-order valence-corrected chi connectivity index (χ3v) is 6.42. The number of sulfonamides is 1. The number of nitrogens with one attached hydrogen (secondary N) is 3. The lowest BCUT2D eigenvalue weighted by atomic mass is 10.2. The number of guanidine groups is 1. The van der Waals surface area contributed by atoms with Crippen LogP contribution in [0.5, 0.6) is 0 Å². The second kappa shape index (κ2) is 10.5. The molecule has 0 atom stereocenters. The summed E-state index contributed by atoms with van der Waals surface area (Å²) in [6.07, 6.45) is 4.77. The number of rotatable bonds is 8. The van der Waals surface area contributed by atoms with Crippen molar-refractivity contribution in [2.75, 3.05) is 6.54 Å². The molecule has 3 N–H and O–H groups in total. The van der Waals surface area contributed by atoms with Crippen LogP contribution in [-0.4, -0.2) is 27.0 Å². The number of halogens is 1. The van der Waals surface area contributed by atoms with E-state index in [1.54, 1.807) is 30.3 Å². The Hall–Kier alpha value is -2.45. The van der Waals surface area contributed by atoms with Gasteiger partial charge in [-0.1, -0.05) is 37.1 Å². The molecule has 0 spiro atoms. The van der Waals surface area contributed by atoms with Gasteiger partial charge in [0.25, 0.3) is 0 Å². The molecule has 1 saturated carbocycles. The van der Waals surface area contributed by atoms with Crippen LogP contribution in [0, 0.1) is 5.82 Å². The Morgan fingerprint density at radius 1 is 1.10 bits per heavy atom. The molecule has 0 aliphatic heterocycles. The van der Waals surface area contributed by atoms with Crippen molar-refractivity contribution in [3.63, 3.8) is 0 Å². The maximum atomic E-state index is 13.3. The van der Waals surface area contributed by atoms with Gasteiger partial charge in [0.1, 0.15) is 5.82 Å². The maximum absolute atomic E-state index is 13.3. The first-order valence-electron chi connectivity index (χ1n) is 10.3. The van der Waals surface area contributed by atoms with Crippen molar-refractivity contribution in [2.24, 2.45) is 4.99 Å². The van der Waals surface area contributed by atoms with E-state index in [4.69, 9.17) is 0 Å². The summed E-state index contributed by atoms with van der Waals surface area (Å²) in [7, 11) is -3.71. The quantitative estimate of drug-likeness (QED) is 0.442. The molecule has 30 heavy (non-hydrogen) atoms. The van der Waals surface area contributed by atoms with Crippen LogP contribution in [0.15, 0.2) is 58.4 Å². The van der Waals surface area contributed by atoms with Crippen molar-refractivity contribution >= 4 is 16.0 Å². The second-order valence-corrected chi connectivity index (χ2v) is 9.19. The summed E-state index contributed by atoms with van der Waals surface area (Å²) in [5, 5.41) is 6.70. The van der Waals surface area contributed by atoms with E-state index in [2.05, 4.69) is 20.3 Å². The normalized spacial score (nSPS) is 15.3. The van der Waals surface area contributed by atoms with E-state index >= 15 is 0 Å². The molecule has 1 fully saturated rings. The van der Waals surface area contributed by atoms with E-state index in [0.717, 1.165) is 30.9 Å². The van der Waals surface area contributed by atoms with Gasteiger partial charge in [-0.25, -0.2) is 22.5 Å². The zero-order valence-corrected chi connectivity index (χ0v) is 18.0. The fourth-order valence-corrected chi connectivity index (χ4v) is 4.56. The molecule has 1 aliphatic rings. The van der Waals surface area contributed by atoms with Gasteiger partial charge in [0.15, 0.2) is 5.96 Å². The van der Waals surface area contributed by atoms with Crippen LogP contribution in [0.4, 0.5) is 4.39 Å². The summed E-state index contributed by atoms with van der Waals surface area (Å²) >= 11 is 0. The Labute approximate surface area is 178 Å². The van der Waals surface area contributed by atoms with Gasteiger partial charge in [-0.05, 0) is 55.2 Å². The summed E-state index contributed by atoms with van der Waals surface area (Å²) in [5.41, 5.74) is 1.36. The molecule has 8 heteroatoms. The smallest absolute Gasteiger partial charge is 0.240 e. The minimum absolute atomic E-state index is 0.0261. The van der Waals surface area contributed by atoms with E-state index in [0.29, 0.717) is 18.2 Å². The van der Waals surface area contributed by atoms with Crippen molar-refractivity contribution in [2.45, 2.75) is 56.6 Å². The van der Waals surface area contributed by atoms with Gasteiger partial charge >= 0.3 is 0 Å². The fraction of sp³-hybridized carbons (Fsp3) is 0.409. The first kappa shape index (κ1) is 22.2. The first-order chi connectivity index (χ1) is 14.5. The van der Waals surface area contributed by atoms with Crippen molar-refractivity contribution in [3.05, 3.63) is 65.5 Å². The van der Waals surface area contributed by atoms with Crippen LogP contribution in [0.1, 0.15) is 43.7 Å². The van der Waals surface area contributed by atoms with Gasteiger partial charge in [-0.2, -0.15) is 0 Å². The molecule has 3 rings (SSSR count). The summed E-state index contributed by atoms with van der Waals surface area (Å²) in [4.78, 5) is 4.78. The lowest BCUT2D eigenvalue weighted by molar-refractivity contribution is 0.580. The minimum Gasteiger partial charge on any atom is -0.357 e. The lowest BCUT2D eigenvalue weighted by Crippen LogP contribution is -2.42. The molecule has 0 radical (unpaired) electrons. The van der Waals surface area contributed by atoms with Crippen molar-refractivity contribution < 1.29 is 12.8 Å². The van der Waals surface area contributed by atoms with Gasteiger partial charge in [0.2, 0.25) is 10.0 Å². The molecule has 0 saturated heterocycles. The Morgan fingerprint density at radius 3 is 2.57 bits per heavy atom. The van der Waals surface area contributed by atoms with Gasteiger partial charge < -0.3 is 10.6 Å². The molecule has 0 bridgehead atoms. The highest BCUT2D eigenvalue weighted by Gasteiger charge is 2.16. The van der Waals surface area contributed by atoms with Crippen LogP contribution in [-0.2, 0) is 23.1 Å². The van der Waals surface area contributed by atoms with Crippen LogP contribution in [0.2, 0.25) is 0 Å². The van der Waals surface area contributed by atoms with Crippen LogP contribution < -0.4 is 15.4 Å². The van der Waals surface area contributed by atoms with E-state index in [1.807, 2.05) is 13.0 Å². The predicted octanol–water partition coefficient (Wildman–Crippen LogP) is 3.30. The highest BCUT2D eigenvalue weighted by molar-refractivity contribution is 7.89. The molecule has 2 aromatic carbocycles. The summed E-state index contributed by atoms with van der Waals surface area (Å²) in [6.45, 7) is 3.17. The predicted molar refractivity (Wildman–Crippen MR) is 117 cm³/mol. The van der Waals surface area contributed by atoms with Crippen molar-refractivity contribution in [3.8, 4) is 0 Å². The van der Waals surface area contributed by atoms with Gasteiger partial charge in [0, 0.05) is 19.1 Å². The number of hydrogen-bond acceptors (Lipinski definition) is 3. The fourth-order valence-electron chi connectivity index (χ4n) is 3.47. The standard InChI is InChI=1S/C22H29FN4O2S/c1-2-24-22(27-20-10-3-4-11-20)25-15-18-8-6-12-21(14-18)30(28,29)26-16-17-7-5-9-19(23)13-17/h5-9,12-14,20,26H,2-4,10-11,15-16H2,1H3,(H2,24,25,27). The Bertz CT molecular complexity index is 973. The molecular weight excluding hydrogens is 403 g/mol. The molecule has 2 aromatic rings. The van der Waals surface area contributed by atoms with Gasteiger partial charge in [-0.3, -0.25) is 0 Å². The third-order valence-electron chi connectivity index (χ3n) is 5.02. The summed E-state index contributed by atoms with van der Waals surface area (Å²) < 4.78 is 41.1.